The Morgan fingerprint density at radius 1 is 0.929 bits per heavy atom. The van der Waals surface area contributed by atoms with Crippen LogP contribution in [0.25, 0.3) is 10.4 Å². The third-order valence-electron chi connectivity index (χ3n) is 0.715. The number of azide groups is 1. The van der Waals surface area contributed by atoms with Crippen LogP contribution in [0.15, 0.2) is 10.2 Å². The Labute approximate surface area is 85.6 Å². The average Bonchev–Trinajstić information content (AvgIpc) is 1.81. The lowest BCUT2D eigenvalue weighted by Crippen LogP contribution is -2.08. The Hall–Kier alpha value is -1.31. The van der Waals surface area contributed by atoms with Crippen molar-refractivity contribution in [2.45, 2.75) is 52.6 Å². The molecule has 0 heterocycles. The first-order valence-corrected chi connectivity index (χ1v) is 4.36. The molecule has 0 aromatic heterocycles. The molecule has 0 spiro atoms. The van der Waals surface area contributed by atoms with E-state index in [0.29, 0.717) is 0 Å². The normalized spacial score (nSPS) is 10.1. The molecule has 0 aliphatic rings. The van der Waals surface area contributed by atoms with Crippen molar-refractivity contribution in [3.63, 3.8) is 0 Å². The minimum atomic E-state index is -0.241. The van der Waals surface area contributed by atoms with Crippen LogP contribution in [0.4, 0.5) is 0 Å². The molecule has 0 N–H and O–H groups in total. The Balaban J connectivity index is 0. The molecule has 0 amide bonds. The van der Waals surface area contributed by atoms with Crippen LogP contribution < -0.4 is 0 Å². The van der Waals surface area contributed by atoms with Crippen LogP contribution in [0.2, 0.25) is 0 Å². The zero-order valence-corrected chi connectivity index (χ0v) is 9.94. The third-order valence-corrected chi connectivity index (χ3v) is 0.715. The molecule has 5 heteroatoms. The minimum Gasteiger partial charge on any atom is -0.0881 e. The first-order valence-electron chi connectivity index (χ1n) is 4.36. The van der Waals surface area contributed by atoms with Crippen LogP contribution in [-0.4, -0.2) is 22.6 Å². The van der Waals surface area contributed by atoms with Crippen molar-refractivity contribution in [1.29, 1.82) is 0 Å². The fraction of sp³-hybridized carbons (Fsp3) is 0.889. The number of nitrogens with zero attached hydrogens (tertiary/aromatic N) is 5. The maximum atomic E-state index is 7.86. The summed E-state index contributed by atoms with van der Waals surface area (Å²) in [6.07, 6.45) is 0. The highest BCUT2D eigenvalue weighted by Crippen LogP contribution is 2.04. The van der Waals surface area contributed by atoms with Crippen molar-refractivity contribution in [3.8, 4) is 0 Å². The monoisotopic (exact) mass is 198 g/mol. The first-order chi connectivity index (χ1) is 6.12. The molecule has 0 saturated carbocycles. The van der Waals surface area contributed by atoms with Gasteiger partial charge in [-0.2, -0.15) is 0 Å². The Morgan fingerprint density at radius 3 is 1.29 bits per heavy atom. The summed E-state index contributed by atoms with van der Waals surface area (Å²) in [5.74, 6) is 0. The molecule has 0 unspecified atom stereocenters. The molecule has 0 aromatic rings. The fourth-order valence-electron chi connectivity index (χ4n) is 0.346. The van der Waals surface area contributed by atoms with E-state index in [1.807, 2.05) is 41.5 Å². The maximum Gasteiger partial charge on any atom is 0.295 e. The van der Waals surface area contributed by atoms with Gasteiger partial charge < -0.3 is 0 Å². The van der Waals surface area contributed by atoms with Crippen LogP contribution in [0.1, 0.15) is 41.5 Å². The predicted molar refractivity (Wildman–Crippen MR) is 58.5 cm³/mol. The van der Waals surface area contributed by atoms with E-state index in [2.05, 4.69) is 26.6 Å². The molecule has 0 atom stereocenters. The van der Waals surface area contributed by atoms with Crippen LogP contribution in [0.3, 0.4) is 0 Å². The average molecular weight is 198 g/mol. The Morgan fingerprint density at radius 2 is 1.29 bits per heavy atom. The van der Waals surface area contributed by atoms with E-state index in [1.54, 1.807) is 0 Å². The van der Waals surface area contributed by atoms with Gasteiger partial charge in [-0.1, -0.05) is 25.9 Å². The van der Waals surface area contributed by atoms with Gasteiger partial charge in [-0.05, 0) is 26.3 Å². The van der Waals surface area contributed by atoms with Crippen molar-refractivity contribution in [1.82, 2.24) is 0 Å². The molecule has 5 nitrogen and oxygen atoms in total. The topological polar surface area (TPSA) is 75.2 Å². The number of hydrogen-bond acceptors (Lipinski definition) is 2. The first kappa shape index (κ1) is 15.2. The summed E-state index contributed by atoms with van der Waals surface area (Å²) < 4.78 is 0. The van der Waals surface area contributed by atoms with Crippen molar-refractivity contribution in [3.05, 3.63) is 10.4 Å². The predicted octanol–water partition coefficient (Wildman–Crippen LogP) is 3.24. The summed E-state index contributed by atoms with van der Waals surface area (Å²) in [7, 11) is 0. The zero-order chi connectivity index (χ0) is 11.8. The van der Waals surface area contributed by atoms with Crippen LogP contribution in [0, 0.1) is 0 Å². The van der Waals surface area contributed by atoms with Gasteiger partial charge in [-0.15, -0.1) is 0 Å². The fourth-order valence-corrected chi connectivity index (χ4v) is 0.346. The molecule has 14 heavy (non-hydrogen) atoms. The second kappa shape index (κ2) is 6.19. The van der Waals surface area contributed by atoms with Crippen LogP contribution in [-0.2, 0) is 0 Å². The molecule has 0 aliphatic carbocycles. The maximum absolute atomic E-state index is 7.86. The van der Waals surface area contributed by atoms with E-state index in [1.165, 1.54) is 0 Å². The highest BCUT2D eigenvalue weighted by atomic mass is 15.2. The van der Waals surface area contributed by atoms with Crippen molar-refractivity contribution >= 4 is 6.72 Å². The molecule has 80 valence electrons. The lowest BCUT2D eigenvalue weighted by Gasteiger charge is -2.05. The quantitative estimate of drug-likeness (QED) is 0.248. The summed E-state index contributed by atoms with van der Waals surface area (Å²) in [5.41, 5.74) is 7.57. The molecule has 0 bridgehead atoms. The van der Waals surface area contributed by atoms with E-state index in [9.17, 15) is 0 Å². The molecule has 0 aromatic carbocycles. The molecular weight excluding hydrogens is 178 g/mol. The van der Waals surface area contributed by atoms with E-state index < -0.39 is 0 Å². The summed E-state index contributed by atoms with van der Waals surface area (Å²) in [6.45, 7) is 14.7. The number of hydrogen-bond donors (Lipinski definition) is 0. The second-order valence-electron chi connectivity index (χ2n) is 4.77. The van der Waals surface area contributed by atoms with E-state index in [-0.39, 0.29) is 11.1 Å². The van der Waals surface area contributed by atoms with Gasteiger partial charge in [0.15, 0.2) is 0 Å². The summed E-state index contributed by atoms with van der Waals surface area (Å²) >= 11 is 0. The molecule has 0 saturated heterocycles. The highest BCUT2D eigenvalue weighted by molar-refractivity contribution is 5.12. The van der Waals surface area contributed by atoms with E-state index in [4.69, 9.17) is 5.53 Å². The lowest BCUT2D eigenvalue weighted by molar-refractivity contribution is -0.0967. The molecule has 0 aliphatic heterocycles. The van der Waals surface area contributed by atoms with Gasteiger partial charge in [0.05, 0.1) is 5.11 Å². The number of rotatable bonds is 0. The summed E-state index contributed by atoms with van der Waals surface area (Å²) in [5, 5.41) is 7.21. The SMILES string of the molecule is C=[N+]=NC(C)(C)C.CC(C)(C)N=[N+]=[N-]. The van der Waals surface area contributed by atoms with Gasteiger partial charge in [0.1, 0.15) is 5.54 Å². The van der Waals surface area contributed by atoms with Crippen LogP contribution >= 0.6 is 0 Å². The molecule has 0 fully saturated rings. The van der Waals surface area contributed by atoms with E-state index in [0.717, 1.165) is 0 Å². The standard InChI is InChI=1S/C5H11N2.C4H9N3/c1-5(2,3)7-6-4;1-4(2,3)6-7-5/h4H2,1-3H3;1-3H3/q+1;. The van der Waals surface area contributed by atoms with Gasteiger partial charge in [0.25, 0.3) is 6.72 Å². The zero-order valence-electron chi connectivity index (χ0n) is 9.94. The van der Waals surface area contributed by atoms with Crippen molar-refractivity contribution in [2.75, 3.05) is 0 Å². The van der Waals surface area contributed by atoms with Gasteiger partial charge >= 0.3 is 0 Å². The van der Waals surface area contributed by atoms with E-state index >= 15 is 0 Å². The minimum absolute atomic E-state index is 0.0538. The Kier molecular flexibility index (Phi) is 6.71. The van der Waals surface area contributed by atoms with Gasteiger partial charge in [-0.25, -0.2) is 0 Å². The van der Waals surface area contributed by atoms with Crippen LogP contribution in [0.5, 0.6) is 0 Å². The smallest absolute Gasteiger partial charge is 0.0881 e. The van der Waals surface area contributed by atoms with Crippen molar-refractivity contribution < 1.29 is 4.79 Å². The molecule has 0 rings (SSSR count). The van der Waals surface area contributed by atoms with Crippen molar-refractivity contribution in [2.24, 2.45) is 10.2 Å². The lowest BCUT2D eigenvalue weighted by atomic mass is 10.1. The molecular formula is C9H20N5+. The Bertz CT molecular complexity index is 215. The van der Waals surface area contributed by atoms with Gasteiger partial charge in [-0.3, -0.25) is 0 Å². The summed E-state index contributed by atoms with van der Waals surface area (Å²) in [4.78, 5) is 6.01. The van der Waals surface area contributed by atoms with Gasteiger partial charge in [0, 0.05) is 15.2 Å². The third kappa shape index (κ3) is 22.4. The summed E-state index contributed by atoms with van der Waals surface area (Å²) in [6, 6.07) is 0. The largest absolute Gasteiger partial charge is 0.295 e. The molecule has 0 radical (unpaired) electrons. The van der Waals surface area contributed by atoms with Gasteiger partial charge in [0.2, 0.25) is 0 Å². The highest BCUT2D eigenvalue weighted by Gasteiger charge is 2.11. The second-order valence-corrected chi connectivity index (χ2v) is 4.77.